The van der Waals surface area contributed by atoms with E-state index in [9.17, 15) is 0 Å². The Kier molecular flexibility index (Phi) is 7.26. The topological polar surface area (TPSA) is 70.4 Å². The van der Waals surface area contributed by atoms with Gasteiger partial charge in [-0.05, 0) is 32.6 Å². The van der Waals surface area contributed by atoms with Crippen LogP contribution in [0.3, 0.4) is 0 Å². The number of rotatable bonds is 6. The smallest absolute Gasteiger partial charge is 0.192 e. The number of guanidine groups is 1. The monoisotopic (exact) mass is 373 g/mol. The summed E-state index contributed by atoms with van der Waals surface area (Å²) in [6.45, 7) is 9.36. The summed E-state index contributed by atoms with van der Waals surface area (Å²) in [7, 11) is 1.98. The van der Waals surface area contributed by atoms with Gasteiger partial charge >= 0.3 is 0 Å². The molecule has 7 heteroatoms. The Balaban J connectivity index is 1.52. The van der Waals surface area contributed by atoms with E-state index in [2.05, 4.69) is 32.3 Å². The summed E-state index contributed by atoms with van der Waals surface area (Å²) in [6, 6.07) is 1.30. The van der Waals surface area contributed by atoms with Gasteiger partial charge in [-0.3, -0.25) is 0 Å². The van der Waals surface area contributed by atoms with Crippen LogP contribution in [-0.2, 0) is 13.6 Å². The van der Waals surface area contributed by atoms with Crippen molar-refractivity contribution in [1.29, 1.82) is 0 Å². The van der Waals surface area contributed by atoms with Gasteiger partial charge in [0.1, 0.15) is 12.4 Å². The van der Waals surface area contributed by atoms with Crippen molar-refractivity contribution in [2.75, 3.05) is 19.6 Å². The van der Waals surface area contributed by atoms with Crippen molar-refractivity contribution in [2.24, 2.45) is 12.0 Å². The van der Waals surface area contributed by atoms with E-state index in [0.717, 1.165) is 23.7 Å². The summed E-state index contributed by atoms with van der Waals surface area (Å²) in [6.07, 6.45) is 11.2. The summed E-state index contributed by atoms with van der Waals surface area (Å²) in [4.78, 5) is 7.43. The number of piperidine rings is 1. The molecular formula is C20H35N7. The van der Waals surface area contributed by atoms with Gasteiger partial charge in [-0.1, -0.05) is 25.3 Å². The molecule has 1 aromatic rings. The van der Waals surface area contributed by atoms with Crippen LogP contribution < -0.4 is 10.6 Å². The summed E-state index contributed by atoms with van der Waals surface area (Å²) < 4.78 is 1.98. The van der Waals surface area contributed by atoms with Crippen molar-refractivity contribution in [3.05, 3.63) is 24.3 Å². The highest BCUT2D eigenvalue weighted by Gasteiger charge is 2.26. The van der Waals surface area contributed by atoms with Crippen LogP contribution in [0.4, 0.5) is 0 Å². The molecule has 1 saturated heterocycles. The zero-order chi connectivity index (χ0) is 19.1. The second-order valence-corrected chi connectivity index (χ2v) is 7.80. The molecule has 0 atom stereocenters. The number of aryl methyl sites for hydroxylation is 1. The zero-order valence-corrected chi connectivity index (χ0v) is 17.0. The number of hydrogen-bond donors (Lipinski definition) is 2. The molecule has 2 heterocycles. The Labute approximate surface area is 163 Å². The van der Waals surface area contributed by atoms with E-state index in [0.29, 0.717) is 19.1 Å². The quantitative estimate of drug-likeness (QED) is 0.454. The molecule has 0 radical (unpaired) electrons. The molecule has 1 aliphatic carbocycles. The van der Waals surface area contributed by atoms with Crippen LogP contribution in [0.1, 0.15) is 56.6 Å². The van der Waals surface area contributed by atoms with Crippen LogP contribution in [0.25, 0.3) is 0 Å². The van der Waals surface area contributed by atoms with Gasteiger partial charge in [0, 0.05) is 38.8 Å². The van der Waals surface area contributed by atoms with Gasteiger partial charge in [0.25, 0.3) is 0 Å². The first-order valence-corrected chi connectivity index (χ1v) is 10.4. The fraction of sp³-hybridized carbons (Fsp3) is 0.750. The minimum atomic E-state index is 0.474. The lowest BCUT2D eigenvalue weighted by molar-refractivity contribution is 0.119. The third kappa shape index (κ3) is 5.54. The molecule has 27 heavy (non-hydrogen) atoms. The van der Waals surface area contributed by atoms with Crippen LogP contribution in [-0.4, -0.2) is 57.3 Å². The molecule has 3 rings (SSSR count). The van der Waals surface area contributed by atoms with Crippen LogP contribution >= 0.6 is 0 Å². The SMILES string of the molecule is C=CCNC(=NCc1nnc(C)n1C)NC1CCN(C2CCCCC2)CC1. The molecule has 150 valence electrons. The maximum absolute atomic E-state index is 4.72. The zero-order valence-electron chi connectivity index (χ0n) is 17.0. The van der Waals surface area contributed by atoms with Crippen LogP contribution in [0, 0.1) is 6.92 Å². The van der Waals surface area contributed by atoms with Crippen LogP contribution in [0.15, 0.2) is 17.6 Å². The van der Waals surface area contributed by atoms with Gasteiger partial charge in [0.05, 0.1) is 0 Å². The molecule has 2 fully saturated rings. The number of nitrogens with one attached hydrogen (secondary N) is 2. The molecule has 0 amide bonds. The van der Waals surface area contributed by atoms with Crippen LogP contribution in [0.2, 0.25) is 0 Å². The molecular weight excluding hydrogens is 338 g/mol. The summed E-state index contributed by atoms with van der Waals surface area (Å²) in [5.74, 6) is 2.62. The number of aliphatic imine (C=N–C) groups is 1. The van der Waals surface area contributed by atoms with Crippen molar-refractivity contribution in [2.45, 2.75) is 70.5 Å². The van der Waals surface area contributed by atoms with Gasteiger partial charge in [-0.2, -0.15) is 0 Å². The second-order valence-electron chi connectivity index (χ2n) is 7.80. The fourth-order valence-corrected chi connectivity index (χ4v) is 4.11. The number of hydrogen-bond acceptors (Lipinski definition) is 4. The van der Waals surface area contributed by atoms with Crippen molar-refractivity contribution in [3.8, 4) is 0 Å². The van der Waals surface area contributed by atoms with Crippen molar-refractivity contribution in [1.82, 2.24) is 30.3 Å². The summed E-state index contributed by atoms with van der Waals surface area (Å²) in [5.41, 5.74) is 0. The Morgan fingerprint density at radius 2 is 1.93 bits per heavy atom. The lowest BCUT2D eigenvalue weighted by Gasteiger charge is -2.39. The van der Waals surface area contributed by atoms with E-state index in [4.69, 9.17) is 4.99 Å². The van der Waals surface area contributed by atoms with Gasteiger partial charge in [-0.15, -0.1) is 16.8 Å². The third-order valence-electron chi connectivity index (χ3n) is 5.94. The molecule has 0 bridgehead atoms. The Morgan fingerprint density at radius 3 is 2.56 bits per heavy atom. The molecule has 0 unspecified atom stereocenters. The van der Waals surface area contributed by atoms with Crippen molar-refractivity contribution >= 4 is 5.96 Å². The van der Waals surface area contributed by atoms with Gasteiger partial charge < -0.3 is 20.1 Å². The number of likely N-dealkylation sites (tertiary alicyclic amines) is 1. The normalized spacial score (nSPS) is 20.6. The third-order valence-corrected chi connectivity index (χ3v) is 5.94. The van der Waals surface area contributed by atoms with E-state index < -0.39 is 0 Å². The van der Waals surface area contributed by atoms with Gasteiger partial charge in [-0.25, -0.2) is 4.99 Å². The molecule has 1 aromatic heterocycles. The molecule has 2 aliphatic rings. The average Bonchev–Trinajstić information content (AvgIpc) is 3.03. The van der Waals surface area contributed by atoms with E-state index in [1.54, 1.807) is 0 Å². The number of aromatic nitrogens is 3. The Hall–Kier alpha value is -1.89. The first kappa shape index (κ1) is 19.9. The van der Waals surface area contributed by atoms with E-state index in [1.807, 2.05) is 24.6 Å². The predicted octanol–water partition coefficient (Wildman–Crippen LogP) is 2.14. The molecule has 0 aromatic carbocycles. The summed E-state index contributed by atoms with van der Waals surface area (Å²) >= 11 is 0. The van der Waals surface area contributed by atoms with E-state index in [1.165, 1.54) is 58.0 Å². The maximum Gasteiger partial charge on any atom is 0.192 e. The van der Waals surface area contributed by atoms with Crippen LogP contribution in [0.5, 0.6) is 0 Å². The maximum atomic E-state index is 4.72. The first-order valence-electron chi connectivity index (χ1n) is 10.4. The lowest BCUT2D eigenvalue weighted by atomic mass is 9.92. The van der Waals surface area contributed by atoms with Crippen molar-refractivity contribution in [3.63, 3.8) is 0 Å². The highest BCUT2D eigenvalue weighted by Crippen LogP contribution is 2.25. The molecule has 1 saturated carbocycles. The largest absolute Gasteiger partial charge is 0.354 e. The van der Waals surface area contributed by atoms with Crippen molar-refractivity contribution < 1.29 is 0 Å². The number of nitrogens with zero attached hydrogens (tertiary/aromatic N) is 5. The summed E-state index contributed by atoms with van der Waals surface area (Å²) in [5, 5.41) is 15.3. The van der Waals surface area contributed by atoms with Gasteiger partial charge in [0.15, 0.2) is 11.8 Å². The molecule has 0 spiro atoms. The predicted molar refractivity (Wildman–Crippen MR) is 110 cm³/mol. The molecule has 7 nitrogen and oxygen atoms in total. The highest BCUT2D eigenvalue weighted by atomic mass is 15.3. The molecule has 2 N–H and O–H groups in total. The average molecular weight is 374 g/mol. The minimum absolute atomic E-state index is 0.474. The van der Waals surface area contributed by atoms with E-state index in [-0.39, 0.29) is 0 Å². The van der Waals surface area contributed by atoms with Gasteiger partial charge in [0.2, 0.25) is 0 Å². The molecule has 1 aliphatic heterocycles. The standard InChI is InChI=1S/C20H35N7/c1-4-12-21-20(22-15-19-25-24-16(2)26(19)3)23-17-10-13-27(14-11-17)18-8-6-5-7-9-18/h4,17-18H,1,5-15H2,2-3H3,(H2,21,22,23). The Morgan fingerprint density at radius 1 is 1.19 bits per heavy atom. The Bertz CT molecular complexity index is 622. The minimum Gasteiger partial charge on any atom is -0.354 e. The fourth-order valence-electron chi connectivity index (χ4n) is 4.11. The second kappa shape index (κ2) is 9.88. The van der Waals surface area contributed by atoms with E-state index >= 15 is 0 Å². The lowest BCUT2D eigenvalue weighted by Crippen LogP contribution is -2.51. The first-order chi connectivity index (χ1) is 13.2. The highest BCUT2D eigenvalue weighted by molar-refractivity contribution is 5.80.